The van der Waals surface area contributed by atoms with Crippen molar-refractivity contribution in [2.75, 3.05) is 12.0 Å². The number of hydrogen-bond acceptors (Lipinski definition) is 5. The average Bonchev–Trinajstić information content (AvgIpc) is 2.81. The van der Waals surface area contributed by atoms with E-state index in [1.807, 2.05) is 30.3 Å². The van der Waals surface area contributed by atoms with Crippen LogP contribution < -0.4 is 19.7 Å². The maximum Gasteiger partial charge on any atom is 0.335 e. The number of methoxy groups -OCH3 is 1. The highest BCUT2D eigenvalue weighted by atomic mass is 35.5. The zero-order chi connectivity index (χ0) is 23.4. The number of carbonyl (C=O) groups is 3. The first kappa shape index (κ1) is 22.1. The molecule has 33 heavy (non-hydrogen) atoms. The molecule has 0 atom stereocenters. The molecule has 1 N–H and O–H groups in total. The van der Waals surface area contributed by atoms with Crippen molar-refractivity contribution in [3.05, 3.63) is 94.5 Å². The van der Waals surface area contributed by atoms with E-state index in [4.69, 9.17) is 21.1 Å². The minimum atomic E-state index is -0.848. The number of rotatable bonds is 6. The van der Waals surface area contributed by atoms with E-state index in [2.05, 4.69) is 5.32 Å². The van der Waals surface area contributed by atoms with Crippen LogP contribution in [-0.2, 0) is 16.2 Å². The zero-order valence-corrected chi connectivity index (χ0v) is 18.3. The Balaban J connectivity index is 1.69. The standard InChI is InChI=1S/C25H19ClN2O5/c1-32-20-11-10-17(22(14-20)33-15-16-6-3-2-4-7-16)12-21-23(29)27-25(31)28(24(21)30)19-9-5-8-18(26)13-19/h2-14H,15H2,1H3,(H,27,29,31)/b21-12+. The molecule has 4 rings (SSSR count). The van der Waals surface area contributed by atoms with E-state index in [0.717, 1.165) is 10.5 Å². The van der Waals surface area contributed by atoms with E-state index < -0.39 is 17.8 Å². The van der Waals surface area contributed by atoms with Crippen molar-refractivity contribution >= 4 is 41.2 Å². The Morgan fingerprint density at radius 3 is 2.48 bits per heavy atom. The van der Waals surface area contributed by atoms with Crippen molar-refractivity contribution < 1.29 is 23.9 Å². The molecule has 7 nitrogen and oxygen atoms in total. The Labute approximate surface area is 195 Å². The number of hydrogen-bond donors (Lipinski definition) is 1. The van der Waals surface area contributed by atoms with Crippen molar-refractivity contribution in [1.82, 2.24) is 5.32 Å². The third-order valence-corrected chi connectivity index (χ3v) is 5.16. The number of ether oxygens (including phenoxy) is 2. The molecule has 166 valence electrons. The van der Waals surface area contributed by atoms with E-state index in [9.17, 15) is 14.4 Å². The smallest absolute Gasteiger partial charge is 0.335 e. The maximum atomic E-state index is 13.1. The van der Waals surface area contributed by atoms with Gasteiger partial charge < -0.3 is 9.47 Å². The van der Waals surface area contributed by atoms with Crippen molar-refractivity contribution in [2.45, 2.75) is 6.61 Å². The number of barbiturate groups is 1. The summed E-state index contributed by atoms with van der Waals surface area (Å²) < 4.78 is 11.2. The first-order valence-corrected chi connectivity index (χ1v) is 10.4. The average molecular weight is 463 g/mol. The van der Waals surface area contributed by atoms with Gasteiger partial charge in [-0.05, 0) is 42.0 Å². The van der Waals surface area contributed by atoms with Crippen molar-refractivity contribution in [2.24, 2.45) is 0 Å². The third-order valence-electron chi connectivity index (χ3n) is 4.93. The lowest BCUT2D eigenvalue weighted by Crippen LogP contribution is -2.54. The number of halogens is 1. The fourth-order valence-electron chi connectivity index (χ4n) is 3.28. The Bertz CT molecular complexity index is 1260. The molecule has 0 aromatic heterocycles. The van der Waals surface area contributed by atoms with Gasteiger partial charge in [0.25, 0.3) is 11.8 Å². The highest BCUT2D eigenvalue weighted by Gasteiger charge is 2.37. The molecule has 4 amide bonds. The topological polar surface area (TPSA) is 84.9 Å². The molecule has 0 saturated carbocycles. The fourth-order valence-corrected chi connectivity index (χ4v) is 3.47. The molecule has 1 heterocycles. The molecule has 3 aromatic rings. The molecule has 0 aliphatic carbocycles. The van der Waals surface area contributed by atoms with Crippen LogP contribution in [0.25, 0.3) is 6.08 Å². The monoisotopic (exact) mass is 462 g/mol. The van der Waals surface area contributed by atoms with Gasteiger partial charge in [0.2, 0.25) is 0 Å². The van der Waals surface area contributed by atoms with Crippen LogP contribution in [0.1, 0.15) is 11.1 Å². The summed E-state index contributed by atoms with van der Waals surface area (Å²) in [6.07, 6.45) is 1.39. The molecule has 1 saturated heterocycles. The highest BCUT2D eigenvalue weighted by Crippen LogP contribution is 2.30. The molecule has 0 radical (unpaired) electrons. The van der Waals surface area contributed by atoms with E-state index >= 15 is 0 Å². The van der Waals surface area contributed by atoms with E-state index in [0.29, 0.717) is 22.1 Å². The first-order chi connectivity index (χ1) is 16.0. The van der Waals surface area contributed by atoms with Crippen molar-refractivity contribution in [1.29, 1.82) is 0 Å². The third kappa shape index (κ3) is 4.88. The highest BCUT2D eigenvalue weighted by molar-refractivity contribution is 6.39. The normalized spacial score (nSPS) is 14.9. The SMILES string of the molecule is COc1ccc(/C=C2\C(=O)NC(=O)N(c3cccc(Cl)c3)C2=O)c(OCc2ccccc2)c1. The van der Waals surface area contributed by atoms with Crippen LogP contribution in [-0.4, -0.2) is 25.0 Å². The summed E-state index contributed by atoms with van der Waals surface area (Å²) in [5, 5.41) is 2.55. The summed E-state index contributed by atoms with van der Waals surface area (Å²) in [7, 11) is 1.53. The molecule has 0 bridgehead atoms. The van der Waals surface area contributed by atoms with Crippen LogP contribution in [0.3, 0.4) is 0 Å². The van der Waals surface area contributed by atoms with Gasteiger partial charge >= 0.3 is 6.03 Å². The Morgan fingerprint density at radius 1 is 0.970 bits per heavy atom. The number of urea groups is 1. The van der Waals surface area contributed by atoms with E-state index in [1.54, 1.807) is 36.4 Å². The number of anilines is 1. The van der Waals surface area contributed by atoms with Gasteiger partial charge in [0.15, 0.2) is 0 Å². The minimum absolute atomic E-state index is 0.218. The molecule has 0 spiro atoms. The lowest BCUT2D eigenvalue weighted by atomic mass is 10.1. The molecular formula is C25H19ClN2O5. The number of nitrogens with zero attached hydrogens (tertiary/aromatic N) is 1. The van der Waals surface area contributed by atoms with Crippen LogP contribution in [0.4, 0.5) is 10.5 Å². The van der Waals surface area contributed by atoms with Gasteiger partial charge in [0.1, 0.15) is 23.7 Å². The maximum absolute atomic E-state index is 13.1. The van der Waals surface area contributed by atoms with E-state index in [1.165, 1.54) is 19.3 Å². The van der Waals surface area contributed by atoms with Gasteiger partial charge in [0, 0.05) is 16.7 Å². The predicted octanol–water partition coefficient (Wildman–Crippen LogP) is 4.59. The Morgan fingerprint density at radius 2 is 1.76 bits per heavy atom. The number of nitrogens with one attached hydrogen (secondary N) is 1. The van der Waals surface area contributed by atoms with Gasteiger partial charge in [-0.1, -0.05) is 48.0 Å². The zero-order valence-electron chi connectivity index (χ0n) is 17.6. The summed E-state index contributed by atoms with van der Waals surface area (Å²) in [6.45, 7) is 0.275. The second kappa shape index (κ2) is 9.58. The second-order valence-electron chi connectivity index (χ2n) is 7.12. The van der Waals surface area contributed by atoms with Crippen LogP contribution in [0.5, 0.6) is 11.5 Å². The molecule has 3 aromatic carbocycles. The quantitative estimate of drug-likeness (QED) is 0.427. The first-order valence-electron chi connectivity index (χ1n) is 9.98. The van der Waals surface area contributed by atoms with Crippen LogP contribution in [0, 0.1) is 0 Å². The number of amides is 4. The number of imide groups is 2. The molecule has 1 fully saturated rings. The Kier molecular flexibility index (Phi) is 6.42. The molecule has 8 heteroatoms. The molecule has 1 aliphatic heterocycles. The number of benzene rings is 3. The van der Waals surface area contributed by atoms with Crippen molar-refractivity contribution in [3.8, 4) is 11.5 Å². The van der Waals surface area contributed by atoms with Crippen LogP contribution >= 0.6 is 11.6 Å². The largest absolute Gasteiger partial charge is 0.497 e. The molecular weight excluding hydrogens is 444 g/mol. The second-order valence-corrected chi connectivity index (χ2v) is 7.55. The molecule has 1 aliphatic rings. The van der Waals surface area contributed by atoms with Gasteiger partial charge in [0.05, 0.1) is 12.8 Å². The summed E-state index contributed by atoms with van der Waals surface area (Å²) in [5.41, 5.74) is 1.46. The summed E-state index contributed by atoms with van der Waals surface area (Å²) >= 11 is 6.01. The minimum Gasteiger partial charge on any atom is -0.497 e. The lowest BCUT2D eigenvalue weighted by Gasteiger charge is -2.26. The summed E-state index contributed by atoms with van der Waals surface area (Å²) in [6, 6.07) is 20.0. The van der Waals surface area contributed by atoms with Gasteiger partial charge in [-0.15, -0.1) is 0 Å². The van der Waals surface area contributed by atoms with Crippen molar-refractivity contribution in [3.63, 3.8) is 0 Å². The summed E-state index contributed by atoms with van der Waals surface area (Å²) in [5.74, 6) is -0.600. The lowest BCUT2D eigenvalue weighted by molar-refractivity contribution is -0.122. The van der Waals surface area contributed by atoms with Gasteiger partial charge in [-0.2, -0.15) is 0 Å². The molecule has 0 unspecified atom stereocenters. The van der Waals surface area contributed by atoms with Gasteiger partial charge in [-0.25, -0.2) is 9.69 Å². The van der Waals surface area contributed by atoms with Crippen LogP contribution in [0.2, 0.25) is 5.02 Å². The number of carbonyl (C=O) groups excluding carboxylic acids is 3. The van der Waals surface area contributed by atoms with E-state index in [-0.39, 0.29) is 17.9 Å². The van der Waals surface area contributed by atoms with Gasteiger partial charge in [-0.3, -0.25) is 14.9 Å². The van der Waals surface area contributed by atoms with Crippen LogP contribution in [0.15, 0.2) is 78.4 Å². The Hall–Kier alpha value is -4.10. The summed E-state index contributed by atoms with van der Waals surface area (Å²) in [4.78, 5) is 38.9. The predicted molar refractivity (Wildman–Crippen MR) is 124 cm³/mol. The fraction of sp³-hybridized carbons (Fsp3) is 0.0800.